The van der Waals surface area contributed by atoms with Crippen LogP contribution in [-0.2, 0) is 4.74 Å². The predicted molar refractivity (Wildman–Crippen MR) is 49.1 cm³/mol. The molecular weight excluding hydrogens is 190 g/mol. The molecule has 0 aliphatic carbocycles. The van der Waals surface area contributed by atoms with Crippen molar-refractivity contribution in [3.8, 4) is 0 Å². The SMILES string of the molecule is COCCCNc1ncc(F)cc1F. The smallest absolute Gasteiger partial charge is 0.168 e. The van der Waals surface area contributed by atoms with Gasteiger partial charge in [-0.1, -0.05) is 0 Å². The zero-order valence-electron chi connectivity index (χ0n) is 7.89. The van der Waals surface area contributed by atoms with E-state index in [9.17, 15) is 8.78 Å². The highest BCUT2D eigenvalue weighted by Crippen LogP contribution is 2.10. The molecule has 0 saturated carbocycles. The van der Waals surface area contributed by atoms with E-state index in [1.807, 2.05) is 0 Å². The van der Waals surface area contributed by atoms with Crippen molar-refractivity contribution in [1.82, 2.24) is 4.98 Å². The molecule has 0 fully saturated rings. The second-order valence-corrected chi connectivity index (χ2v) is 2.76. The van der Waals surface area contributed by atoms with Gasteiger partial charge in [0.2, 0.25) is 0 Å². The molecule has 0 unspecified atom stereocenters. The van der Waals surface area contributed by atoms with E-state index in [0.717, 1.165) is 18.7 Å². The summed E-state index contributed by atoms with van der Waals surface area (Å²) >= 11 is 0. The molecule has 0 atom stereocenters. The van der Waals surface area contributed by atoms with Gasteiger partial charge in [-0.3, -0.25) is 0 Å². The quantitative estimate of drug-likeness (QED) is 0.739. The maximum Gasteiger partial charge on any atom is 0.168 e. The van der Waals surface area contributed by atoms with E-state index >= 15 is 0 Å². The van der Waals surface area contributed by atoms with Crippen molar-refractivity contribution in [2.45, 2.75) is 6.42 Å². The minimum atomic E-state index is -0.678. The molecule has 0 aliphatic heterocycles. The summed E-state index contributed by atoms with van der Waals surface area (Å²) in [5, 5.41) is 2.74. The monoisotopic (exact) mass is 202 g/mol. The Kier molecular flexibility index (Phi) is 4.25. The Bertz CT molecular complexity index is 294. The number of pyridine rings is 1. The Balaban J connectivity index is 2.42. The molecule has 0 aliphatic rings. The van der Waals surface area contributed by atoms with Crippen molar-refractivity contribution in [1.29, 1.82) is 0 Å². The van der Waals surface area contributed by atoms with Crippen molar-refractivity contribution in [3.63, 3.8) is 0 Å². The largest absolute Gasteiger partial charge is 0.385 e. The third-order valence-corrected chi connectivity index (χ3v) is 1.63. The first-order chi connectivity index (χ1) is 6.74. The molecule has 1 heterocycles. The van der Waals surface area contributed by atoms with E-state index in [-0.39, 0.29) is 5.82 Å². The molecule has 0 saturated heterocycles. The van der Waals surface area contributed by atoms with E-state index in [4.69, 9.17) is 4.74 Å². The summed E-state index contributed by atoms with van der Waals surface area (Å²) in [5.41, 5.74) is 0. The number of halogens is 2. The summed E-state index contributed by atoms with van der Waals surface area (Å²) in [5.74, 6) is -1.28. The van der Waals surface area contributed by atoms with Crippen molar-refractivity contribution in [2.24, 2.45) is 0 Å². The van der Waals surface area contributed by atoms with E-state index in [1.54, 1.807) is 7.11 Å². The Morgan fingerprint density at radius 1 is 1.50 bits per heavy atom. The highest BCUT2D eigenvalue weighted by Gasteiger charge is 2.03. The Morgan fingerprint density at radius 2 is 2.29 bits per heavy atom. The lowest BCUT2D eigenvalue weighted by molar-refractivity contribution is 0.197. The van der Waals surface area contributed by atoms with Gasteiger partial charge in [0.05, 0.1) is 6.20 Å². The zero-order chi connectivity index (χ0) is 10.4. The van der Waals surface area contributed by atoms with Crippen LogP contribution in [0.5, 0.6) is 0 Å². The number of rotatable bonds is 5. The van der Waals surface area contributed by atoms with Crippen LogP contribution in [0.25, 0.3) is 0 Å². The van der Waals surface area contributed by atoms with Crippen molar-refractivity contribution < 1.29 is 13.5 Å². The van der Waals surface area contributed by atoms with Gasteiger partial charge in [-0.15, -0.1) is 0 Å². The number of nitrogens with zero attached hydrogens (tertiary/aromatic N) is 1. The Labute approximate surface area is 81.1 Å². The van der Waals surface area contributed by atoms with E-state index in [0.29, 0.717) is 13.2 Å². The van der Waals surface area contributed by atoms with Crippen LogP contribution in [0.4, 0.5) is 14.6 Å². The zero-order valence-corrected chi connectivity index (χ0v) is 7.89. The van der Waals surface area contributed by atoms with Gasteiger partial charge in [0, 0.05) is 26.3 Å². The van der Waals surface area contributed by atoms with E-state index in [1.165, 1.54) is 0 Å². The fourth-order valence-corrected chi connectivity index (χ4v) is 0.968. The van der Waals surface area contributed by atoms with Gasteiger partial charge in [-0.2, -0.15) is 0 Å². The number of aromatic nitrogens is 1. The average Bonchev–Trinajstić information content (AvgIpc) is 2.15. The molecular formula is C9H12F2N2O. The second-order valence-electron chi connectivity index (χ2n) is 2.76. The first-order valence-electron chi connectivity index (χ1n) is 4.28. The molecule has 14 heavy (non-hydrogen) atoms. The predicted octanol–water partition coefficient (Wildman–Crippen LogP) is 1.81. The second kappa shape index (κ2) is 5.49. The normalized spacial score (nSPS) is 10.2. The first-order valence-corrected chi connectivity index (χ1v) is 4.28. The van der Waals surface area contributed by atoms with Gasteiger partial charge in [0.1, 0.15) is 5.82 Å². The minimum Gasteiger partial charge on any atom is -0.385 e. The van der Waals surface area contributed by atoms with Crippen LogP contribution >= 0.6 is 0 Å². The van der Waals surface area contributed by atoms with Crippen molar-refractivity contribution in [2.75, 3.05) is 25.6 Å². The number of methoxy groups -OCH3 is 1. The number of anilines is 1. The van der Waals surface area contributed by atoms with Crippen molar-refractivity contribution in [3.05, 3.63) is 23.9 Å². The van der Waals surface area contributed by atoms with Gasteiger partial charge in [0.15, 0.2) is 11.6 Å². The lowest BCUT2D eigenvalue weighted by atomic mass is 10.4. The van der Waals surface area contributed by atoms with Gasteiger partial charge in [0.25, 0.3) is 0 Å². The third-order valence-electron chi connectivity index (χ3n) is 1.63. The van der Waals surface area contributed by atoms with Gasteiger partial charge >= 0.3 is 0 Å². The summed E-state index contributed by atoms with van der Waals surface area (Å²) < 4.78 is 30.2. The van der Waals surface area contributed by atoms with Gasteiger partial charge in [-0.25, -0.2) is 13.8 Å². The minimum absolute atomic E-state index is 0.0718. The number of nitrogens with one attached hydrogen (secondary N) is 1. The molecule has 1 aromatic rings. The fourth-order valence-electron chi connectivity index (χ4n) is 0.968. The molecule has 1 N–H and O–H groups in total. The first kappa shape index (κ1) is 10.8. The molecule has 0 aromatic carbocycles. The summed E-state index contributed by atoms with van der Waals surface area (Å²) in [4.78, 5) is 3.57. The summed E-state index contributed by atoms with van der Waals surface area (Å²) in [6, 6.07) is 0.797. The number of hydrogen-bond acceptors (Lipinski definition) is 3. The van der Waals surface area contributed by atoms with Crippen LogP contribution < -0.4 is 5.32 Å². The maximum atomic E-state index is 13.0. The fraction of sp³-hybridized carbons (Fsp3) is 0.444. The van der Waals surface area contributed by atoms with E-state index < -0.39 is 11.6 Å². The standard InChI is InChI=1S/C9H12F2N2O/c1-14-4-2-3-12-9-8(11)5-7(10)6-13-9/h5-6H,2-4H2,1H3,(H,12,13). The third kappa shape index (κ3) is 3.26. The lowest BCUT2D eigenvalue weighted by Crippen LogP contribution is -2.07. The summed E-state index contributed by atoms with van der Waals surface area (Å²) in [6.07, 6.45) is 1.72. The van der Waals surface area contributed by atoms with E-state index in [2.05, 4.69) is 10.3 Å². The summed E-state index contributed by atoms with van der Waals surface area (Å²) in [7, 11) is 1.59. The van der Waals surface area contributed by atoms with Crippen LogP contribution in [-0.4, -0.2) is 25.2 Å². The highest BCUT2D eigenvalue weighted by molar-refractivity contribution is 5.35. The van der Waals surface area contributed by atoms with Crippen LogP contribution in [0.15, 0.2) is 12.3 Å². The topological polar surface area (TPSA) is 34.1 Å². The van der Waals surface area contributed by atoms with Gasteiger partial charge in [-0.05, 0) is 6.42 Å². The van der Waals surface area contributed by atoms with Crippen LogP contribution in [0, 0.1) is 11.6 Å². The molecule has 0 bridgehead atoms. The van der Waals surface area contributed by atoms with Crippen molar-refractivity contribution >= 4 is 5.82 Å². The van der Waals surface area contributed by atoms with Crippen LogP contribution in [0.3, 0.4) is 0 Å². The maximum absolute atomic E-state index is 13.0. The highest BCUT2D eigenvalue weighted by atomic mass is 19.1. The molecule has 1 rings (SSSR count). The summed E-state index contributed by atoms with van der Waals surface area (Å²) in [6.45, 7) is 1.14. The van der Waals surface area contributed by atoms with Gasteiger partial charge < -0.3 is 10.1 Å². The number of hydrogen-bond donors (Lipinski definition) is 1. The van der Waals surface area contributed by atoms with Crippen LogP contribution in [0.1, 0.15) is 6.42 Å². The molecule has 0 amide bonds. The number of ether oxygens (including phenoxy) is 1. The molecule has 3 nitrogen and oxygen atoms in total. The Morgan fingerprint density at radius 3 is 2.93 bits per heavy atom. The van der Waals surface area contributed by atoms with Crippen LogP contribution in [0.2, 0.25) is 0 Å². The lowest BCUT2D eigenvalue weighted by Gasteiger charge is -2.05. The molecule has 1 aromatic heterocycles. The Hall–Kier alpha value is -1.23. The molecule has 5 heteroatoms. The molecule has 0 spiro atoms. The molecule has 0 radical (unpaired) electrons. The molecule has 78 valence electrons. The average molecular weight is 202 g/mol.